The number of nitrogens with zero attached hydrogens (tertiary/aromatic N) is 3. The zero-order chi connectivity index (χ0) is 17.9. The Balaban J connectivity index is 1.35. The van der Waals surface area contributed by atoms with Crippen LogP contribution in [0.4, 0.5) is 10.5 Å². The highest BCUT2D eigenvalue weighted by atomic mass is 16.5. The lowest BCUT2D eigenvalue weighted by Crippen LogP contribution is -2.42. The average Bonchev–Trinajstić information content (AvgIpc) is 3.08. The normalized spacial score (nSPS) is 22.5. The minimum atomic E-state index is -0.182. The van der Waals surface area contributed by atoms with Gasteiger partial charge in [-0.05, 0) is 56.2 Å². The van der Waals surface area contributed by atoms with E-state index in [1.807, 2.05) is 17.8 Å². The monoisotopic (exact) mass is 355 g/mol. The van der Waals surface area contributed by atoms with Gasteiger partial charge in [-0.1, -0.05) is 0 Å². The number of urea groups is 1. The van der Waals surface area contributed by atoms with Crippen LogP contribution in [0.15, 0.2) is 24.5 Å². The quantitative estimate of drug-likeness (QED) is 0.887. The van der Waals surface area contributed by atoms with E-state index in [-0.39, 0.29) is 18.2 Å². The van der Waals surface area contributed by atoms with Crippen LogP contribution in [-0.4, -0.2) is 33.4 Å². The van der Waals surface area contributed by atoms with Gasteiger partial charge in [-0.25, -0.2) is 4.79 Å². The number of hydrogen-bond acceptors (Lipinski definition) is 4. The molecule has 138 valence electrons. The zero-order valence-corrected chi connectivity index (χ0v) is 15.1. The molecular formula is C19H25N5O2. The summed E-state index contributed by atoms with van der Waals surface area (Å²) in [6.45, 7) is 0.626. The molecule has 2 atom stereocenters. The second-order valence-corrected chi connectivity index (χ2v) is 7.10. The van der Waals surface area contributed by atoms with Gasteiger partial charge >= 0.3 is 6.03 Å². The molecule has 2 amide bonds. The molecule has 1 aliphatic carbocycles. The molecule has 3 heterocycles. The van der Waals surface area contributed by atoms with E-state index in [1.54, 1.807) is 12.4 Å². The Kier molecular flexibility index (Phi) is 4.88. The maximum absolute atomic E-state index is 12.4. The Morgan fingerprint density at radius 3 is 3.08 bits per heavy atom. The molecule has 1 saturated heterocycles. The fourth-order valence-electron chi connectivity index (χ4n) is 3.84. The van der Waals surface area contributed by atoms with Crippen LogP contribution in [0.2, 0.25) is 0 Å². The molecule has 0 unspecified atom stereocenters. The van der Waals surface area contributed by atoms with Gasteiger partial charge in [0.25, 0.3) is 0 Å². The molecule has 0 aromatic carbocycles. The van der Waals surface area contributed by atoms with Crippen LogP contribution >= 0.6 is 0 Å². The predicted molar refractivity (Wildman–Crippen MR) is 98.0 cm³/mol. The van der Waals surface area contributed by atoms with Gasteiger partial charge in [0.1, 0.15) is 6.10 Å². The van der Waals surface area contributed by atoms with Crippen molar-refractivity contribution in [1.82, 2.24) is 20.1 Å². The summed E-state index contributed by atoms with van der Waals surface area (Å²) in [6, 6.07) is 3.92. The highest BCUT2D eigenvalue weighted by Crippen LogP contribution is 2.27. The average molecular weight is 355 g/mol. The molecule has 1 fully saturated rings. The number of pyridine rings is 1. The summed E-state index contributed by atoms with van der Waals surface area (Å²) in [6.07, 6.45) is 9.53. The third-order valence-corrected chi connectivity index (χ3v) is 5.24. The van der Waals surface area contributed by atoms with Crippen LogP contribution in [0.1, 0.15) is 48.7 Å². The number of nitrogens with one attached hydrogen (secondary N) is 2. The van der Waals surface area contributed by atoms with E-state index in [0.717, 1.165) is 37.1 Å². The van der Waals surface area contributed by atoms with Crippen LogP contribution in [0.5, 0.6) is 0 Å². The molecule has 0 spiro atoms. The number of aromatic nitrogens is 3. The molecule has 1 aliphatic heterocycles. The highest BCUT2D eigenvalue weighted by Gasteiger charge is 2.27. The molecule has 26 heavy (non-hydrogen) atoms. The van der Waals surface area contributed by atoms with Crippen molar-refractivity contribution in [1.29, 1.82) is 0 Å². The number of hydrogen-bond donors (Lipinski definition) is 2. The van der Waals surface area contributed by atoms with E-state index < -0.39 is 0 Å². The predicted octanol–water partition coefficient (Wildman–Crippen LogP) is 2.74. The van der Waals surface area contributed by atoms with E-state index >= 15 is 0 Å². The largest absolute Gasteiger partial charge is 0.372 e. The molecule has 2 aliphatic rings. The summed E-state index contributed by atoms with van der Waals surface area (Å²) < 4.78 is 7.68. The SMILES string of the molecule is Cn1nccc1[C@@H]1C[C@H](NC(=O)Nc2cnc3c(c2)CCCC3)CCO1. The fraction of sp³-hybridized carbons (Fsp3) is 0.526. The number of ether oxygens (including phenoxy) is 1. The van der Waals surface area contributed by atoms with Crippen molar-refractivity contribution >= 4 is 11.7 Å². The third kappa shape index (κ3) is 3.72. The van der Waals surface area contributed by atoms with Crippen LogP contribution in [0.25, 0.3) is 0 Å². The Morgan fingerprint density at radius 2 is 2.23 bits per heavy atom. The lowest BCUT2D eigenvalue weighted by Gasteiger charge is -2.30. The van der Waals surface area contributed by atoms with Crippen molar-refractivity contribution < 1.29 is 9.53 Å². The lowest BCUT2D eigenvalue weighted by atomic mass is 9.96. The molecule has 0 radical (unpaired) electrons. The second-order valence-electron chi connectivity index (χ2n) is 7.10. The molecule has 2 aromatic heterocycles. The van der Waals surface area contributed by atoms with Gasteiger partial charge in [-0.3, -0.25) is 9.67 Å². The number of fused-ring (bicyclic) bond motifs is 1. The van der Waals surface area contributed by atoms with E-state index in [2.05, 4.69) is 26.8 Å². The molecule has 2 N–H and O–H groups in total. The smallest absolute Gasteiger partial charge is 0.319 e. The van der Waals surface area contributed by atoms with Crippen molar-refractivity contribution in [3.05, 3.63) is 41.5 Å². The molecule has 2 aromatic rings. The fourth-order valence-corrected chi connectivity index (χ4v) is 3.84. The van der Waals surface area contributed by atoms with Crippen LogP contribution < -0.4 is 10.6 Å². The van der Waals surface area contributed by atoms with E-state index in [0.29, 0.717) is 6.61 Å². The Bertz CT molecular complexity index is 788. The number of anilines is 1. The zero-order valence-electron chi connectivity index (χ0n) is 15.1. The molecule has 7 nitrogen and oxygen atoms in total. The molecule has 0 bridgehead atoms. The summed E-state index contributed by atoms with van der Waals surface area (Å²) in [5, 5.41) is 10.2. The molecule has 4 rings (SSSR count). The molecule has 7 heteroatoms. The minimum absolute atomic E-state index is 0.0352. The first-order chi connectivity index (χ1) is 12.7. The maximum Gasteiger partial charge on any atom is 0.319 e. The summed E-state index contributed by atoms with van der Waals surface area (Å²) in [4.78, 5) is 16.9. The lowest BCUT2D eigenvalue weighted by molar-refractivity contribution is -0.00204. The van der Waals surface area contributed by atoms with Gasteiger partial charge < -0.3 is 15.4 Å². The maximum atomic E-state index is 12.4. The summed E-state index contributed by atoms with van der Waals surface area (Å²) in [5.41, 5.74) is 4.23. The van der Waals surface area contributed by atoms with Crippen molar-refractivity contribution in [3.63, 3.8) is 0 Å². The van der Waals surface area contributed by atoms with Gasteiger partial charge in [0.2, 0.25) is 0 Å². The van der Waals surface area contributed by atoms with Gasteiger partial charge in [0, 0.05) is 31.6 Å². The van der Waals surface area contributed by atoms with Crippen molar-refractivity contribution in [3.8, 4) is 0 Å². The van der Waals surface area contributed by atoms with E-state index in [1.165, 1.54) is 24.1 Å². The number of carbonyl (C=O) groups is 1. The van der Waals surface area contributed by atoms with Crippen LogP contribution in [-0.2, 0) is 24.6 Å². The highest BCUT2D eigenvalue weighted by molar-refractivity contribution is 5.89. The second kappa shape index (κ2) is 7.45. The Labute approximate surface area is 153 Å². The van der Waals surface area contributed by atoms with Gasteiger partial charge in [-0.2, -0.15) is 5.10 Å². The Morgan fingerprint density at radius 1 is 1.35 bits per heavy atom. The van der Waals surface area contributed by atoms with Crippen molar-refractivity contribution in [2.24, 2.45) is 7.05 Å². The summed E-state index contributed by atoms with van der Waals surface area (Å²) >= 11 is 0. The summed E-state index contributed by atoms with van der Waals surface area (Å²) in [5.74, 6) is 0. The number of amides is 2. The standard InChI is InChI=1S/C19H25N5O2/c1-24-17(6-8-21-24)18-11-14(7-9-26-18)22-19(25)23-15-10-13-4-2-3-5-16(13)20-12-15/h6,8,10,12,14,18H,2-5,7,9,11H2,1H3,(H2,22,23,25)/t14-,18+/m1/s1. The summed E-state index contributed by atoms with van der Waals surface area (Å²) in [7, 11) is 1.91. The molecular weight excluding hydrogens is 330 g/mol. The van der Waals surface area contributed by atoms with E-state index in [4.69, 9.17) is 4.74 Å². The van der Waals surface area contributed by atoms with Gasteiger partial charge in [0.05, 0.1) is 17.6 Å². The van der Waals surface area contributed by atoms with Crippen LogP contribution in [0.3, 0.4) is 0 Å². The third-order valence-electron chi connectivity index (χ3n) is 5.24. The molecule has 0 saturated carbocycles. The minimum Gasteiger partial charge on any atom is -0.372 e. The van der Waals surface area contributed by atoms with Gasteiger partial charge in [0.15, 0.2) is 0 Å². The first-order valence-electron chi connectivity index (χ1n) is 9.34. The van der Waals surface area contributed by atoms with Gasteiger partial charge in [-0.15, -0.1) is 0 Å². The van der Waals surface area contributed by atoms with Crippen LogP contribution in [0, 0.1) is 0 Å². The number of carbonyl (C=O) groups excluding carboxylic acids is 1. The van der Waals surface area contributed by atoms with Crippen molar-refractivity contribution in [2.75, 3.05) is 11.9 Å². The van der Waals surface area contributed by atoms with Crippen molar-refractivity contribution in [2.45, 2.75) is 50.7 Å². The number of rotatable bonds is 3. The first-order valence-corrected chi connectivity index (χ1v) is 9.34. The van der Waals surface area contributed by atoms with E-state index in [9.17, 15) is 4.79 Å². The Hall–Kier alpha value is -2.41. The number of aryl methyl sites for hydroxylation is 3. The topological polar surface area (TPSA) is 81.1 Å². The first kappa shape index (κ1) is 17.0.